The van der Waals surface area contributed by atoms with Crippen molar-refractivity contribution in [3.05, 3.63) is 94.3 Å². The van der Waals surface area contributed by atoms with Gasteiger partial charge in [-0.15, -0.1) is 0 Å². The van der Waals surface area contributed by atoms with E-state index >= 15 is 0 Å². The van der Waals surface area contributed by atoms with Crippen LogP contribution in [-0.2, 0) is 26.2 Å². The number of rotatable bonds is 11. The summed E-state index contributed by atoms with van der Waals surface area (Å²) in [4.78, 5) is 28.6. The molecule has 2 amide bonds. The second-order valence-corrected chi connectivity index (χ2v) is 12.3. The highest BCUT2D eigenvalue weighted by atomic mass is 35.5. The minimum absolute atomic E-state index is 0.0127. The van der Waals surface area contributed by atoms with Crippen molar-refractivity contribution in [2.45, 2.75) is 64.6 Å². The zero-order valence-electron chi connectivity index (χ0n) is 23.3. The number of benzene rings is 3. The van der Waals surface area contributed by atoms with E-state index in [1.165, 1.54) is 41.3 Å². The monoisotopic (exact) mass is 587 g/mol. The number of nitrogens with one attached hydrogen (secondary N) is 1. The molecule has 0 aliphatic carbocycles. The number of sulfonamides is 1. The number of anilines is 1. The lowest BCUT2D eigenvalue weighted by Crippen LogP contribution is -2.53. The third kappa shape index (κ3) is 7.61. The summed E-state index contributed by atoms with van der Waals surface area (Å²) < 4.78 is 42.6. The first kappa shape index (κ1) is 31.1. The van der Waals surface area contributed by atoms with Crippen LogP contribution in [0, 0.1) is 19.7 Å². The number of halogens is 2. The van der Waals surface area contributed by atoms with Gasteiger partial charge in [0.1, 0.15) is 18.4 Å². The van der Waals surface area contributed by atoms with Gasteiger partial charge in [0, 0.05) is 17.6 Å². The zero-order valence-corrected chi connectivity index (χ0v) is 24.9. The molecule has 10 heteroatoms. The summed E-state index contributed by atoms with van der Waals surface area (Å²) in [6, 6.07) is 15.7. The Bertz CT molecular complexity index is 1440. The molecule has 1 atom stereocenters. The fourth-order valence-corrected chi connectivity index (χ4v) is 6.04. The second-order valence-electron chi connectivity index (χ2n) is 9.99. The molecular weight excluding hydrogens is 553 g/mol. The Morgan fingerprint density at radius 2 is 1.60 bits per heavy atom. The van der Waals surface area contributed by atoms with Gasteiger partial charge in [-0.05, 0) is 87.7 Å². The van der Waals surface area contributed by atoms with Crippen molar-refractivity contribution in [3.8, 4) is 0 Å². The summed E-state index contributed by atoms with van der Waals surface area (Å²) in [5, 5.41) is 3.27. The molecule has 0 aliphatic heterocycles. The van der Waals surface area contributed by atoms with Gasteiger partial charge in [0.25, 0.3) is 10.0 Å². The molecule has 0 heterocycles. The Labute approximate surface area is 241 Å². The zero-order chi connectivity index (χ0) is 29.6. The summed E-state index contributed by atoms with van der Waals surface area (Å²) in [5.41, 5.74) is 2.34. The molecule has 0 spiro atoms. The number of hydrogen-bond acceptors (Lipinski definition) is 4. The molecular formula is C30H35ClFN3O4S. The average molecular weight is 588 g/mol. The molecule has 0 aliphatic rings. The molecule has 0 fully saturated rings. The van der Waals surface area contributed by atoms with E-state index in [-0.39, 0.29) is 29.8 Å². The van der Waals surface area contributed by atoms with Crippen LogP contribution in [-0.4, -0.2) is 43.8 Å². The van der Waals surface area contributed by atoms with Crippen LogP contribution in [0.3, 0.4) is 0 Å². The van der Waals surface area contributed by atoms with Crippen LogP contribution >= 0.6 is 11.6 Å². The number of carbonyl (C=O) groups is 2. The second kappa shape index (κ2) is 13.3. The van der Waals surface area contributed by atoms with Gasteiger partial charge in [0.15, 0.2) is 0 Å². The Morgan fingerprint density at radius 1 is 0.975 bits per heavy atom. The van der Waals surface area contributed by atoms with Crippen molar-refractivity contribution in [2.24, 2.45) is 0 Å². The molecule has 0 aromatic heterocycles. The normalized spacial score (nSPS) is 12.2. The van der Waals surface area contributed by atoms with E-state index in [0.717, 1.165) is 9.87 Å². The summed E-state index contributed by atoms with van der Waals surface area (Å²) in [7, 11) is -4.19. The molecule has 0 radical (unpaired) electrons. The molecule has 1 N–H and O–H groups in total. The van der Waals surface area contributed by atoms with Crippen LogP contribution < -0.4 is 9.62 Å². The lowest BCUT2D eigenvalue weighted by molar-refractivity contribution is -0.140. The fraction of sp³-hybridized carbons (Fsp3) is 0.333. The summed E-state index contributed by atoms with van der Waals surface area (Å²) in [5.74, 6) is -1.37. The Kier molecular flexibility index (Phi) is 10.3. The highest BCUT2D eigenvalue weighted by molar-refractivity contribution is 7.92. The van der Waals surface area contributed by atoms with Gasteiger partial charge in [-0.25, -0.2) is 12.8 Å². The number of hydrogen-bond donors (Lipinski definition) is 1. The van der Waals surface area contributed by atoms with Crippen molar-refractivity contribution in [3.63, 3.8) is 0 Å². The summed E-state index contributed by atoms with van der Waals surface area (Å²) in [6.45, 7) is 8.39. The molecule has 40 heavy (non-hydrogen) atoms. The van der Waals surface area contributed by atoms with Crippen molar-refractivity contribution in [1.29, 1.82) is 0 Å². The van der Waals surface area contributed by atoms with E-state index < -0.39 is 34.3 Å². The number of carbonyl (C=O) groups excluding carboxylic acids is 2. The summed E-state index contributed by atoms with van der Waals surface area (Å²) >= 11 is 6.15. The average Bonchev–Trinajstić information content (AvgIpc) is 2.88. The van der Waals surface area contributed by atoms with Crippen molar-refractivity contribution < 1.29 is 22.4 Å². The lowest BCUT2D eigenvalue weighted by atomic mass is 10.1. The molecule has 214 valence electrons. The maximum absolute atomic E-state index is 14.0. The highest BCUT2D eigenvalue weighted by Gasteiger charge is 2.34. The Morgan fingerprint density at radius 3 is 2.15 bits per heavy atom. The first-order valence-corrected chi connectivity index (χ1v) is 14.8. The topological polar surface area (TPSA) is 86.8 Å². The molecule has 3 aromatic carbocycles. The van der Waals surface area contributed by atoms with Crippen LogP contribution in [0.2, 0.25) is 5.02 Å². The predicted octanol–water partition coefficient (Wildman–Crippen LogP) is 5.62. The first-order valence-electron chi connectivity index (χ1n) is 13.0. The van der Waals surface area contributed by atoms with Crippen LogP contribution in [0.25, 0.3) is 0 Å². The van der Waals surface area contributed by atoms with Crippen LogP contribution in [0.1, 0.15) is 43.9 Å². The van der Waals surface area contributed by atoms with Gasteiger partial charge in [-0.2, -0.15) is 0 Å². The van der Waals surface area contributed by atoms with E-state index in [1.54, 1.807) is 44.2 Å². The number of nitrogens with zero attached hydrogens (tertiary/aromatic N) is 2. The van der Waals surface area contributed by atoms with E-state index in [1.807, 2.05) is 20.8 Å². The van der Waals surface area contributed by atoms with Crippen LogP contribution in [0.15, 0.2) is 71.6 Å². The van der Waals surface area contributed by atoms with Gasteiger partial charge in [0.2, 0.25) is 11.8 Å². The van der Waals surface area contributed by atoms with Crippen molar-refractivity contribution in [2.75, 3.05) is 10.8 Å². The van der Waals surface area contributed by atoms with Gasteiger partial charge >= 0.3 is 0 Å². The standard InChI is InChI=1S/C30H35ClFN3O4S/c1-6-27(30(37)33-20(2)3)34(18-23-9-12-25(32)13-10-23)29(36)19-35(28-16-11-24(31)17-22(28)5)40(38,39)26-14-7-21(4)8-15-26/h7-17,20,27H,6,18-19H2,1-5H3,(H,33,37)/t27-/m1/s1. The molecule has 0 unspecified atom stereocenters. The van der Waals surface area contributed by atoms with Gasteiger partial charge in [0.05, 0.1) is 10.6 Å². The molecule has 7 nitrogen and oxygen atoms in total. The Hall–Kier alpha value is -3.43. The SMILES string of the molecule is CC[C@H](C(=O)NC(C)C)N(Cc1ccc(F)cc1)C(=O)CN(c1ccc(Cl)cc1C)S(=O)(=O)c1ccc(C)cc1. The lowest BCUT2D eigenvalue weighted by Gasteiger charge is -2.34. The van der Waals surface area contributed by atoms with Crippen LogP contribution in [0.4, 0.5) is 10.1 Å². The molecule has 3 rings (SSSR count). The molecule has 0 bridgehead atoms. The molecule has 0 saturated heterocycles. The van der Waals surface area contributed by atoms with E-state index in [4.69, 9.17) is 11.6 Å². The summed E-state index contributed by atoms with van der Waals surface area (Å²) in [6.07, 6.45) is 0.288. The van der Waals surface area contributed by atoms with E-state index in [2.05, 4.69) is 5.32 Å². The van der Waals surface area contributed by atoms with E-state index in [0.29, 0.717) is 21.8 Å². The third-order valence-electron chi connectivity index (χ3n) is 6.40. The van der Waals surface area contributed by atoms with Crippen molar-refractivity contribution >= 4 is 39.1 Å². The van der Waals surface area contributed by atoms with Crippen LogP contribution in [0.5, 0.6) is 0 Å². The number of aryl methyl sites for hydroxylation is 2. The third-order valence-corrected chi connectivity index (χ3v) is 8.41. The van der Waals surface area contributed by atoms with Gasteiger partial charge in [-0.3, -0.25) is 13.9 Å². The Balaban J connectivity index is 2.09. The molecule has 3 aromatic rings. The highest BCUT2D eigenvalue weighted by Crippen LogP contribution is 2.29. The minimum atomic E-state index is -4.19. The van der Waals surface area contributed by atoms with E-state index in [9.17, 15) is 22.4 Å². The predicted molar refractivity (Wildman–Crippen MR) is 156 cm³/mol. The smallest absolute Gasteiger partial charge is 0.264 e. The van der Waals surface area contributed by atoms with Crippen molar-refractivity contribution in [1.82, 2.24) is 10.2 Å². The molecule has 0 saturated carbocycles. The quantitative estimate of drug-likeness (QED) is 0.315. The minimum Gasteiger partial charge on any atom is -0.352 e. The van der Waals surface area contributed by atoms with Gasteiger partial charge in [-0.1, -0.05) is 48.4 Å². The maximum Gasteiger partial charge on any atom is 0.264 e. The maximum atomic E-state index is 14.0. The fourth-order valence-electron chi connectivity index (χ4n) is 4.34. The largest absolute Gasteiger partial charge is 0.352 e. The number of amides is 2. The first-order chi connectivity index (χ1) is 18.8. The van der Waals surface area contributed by atoms with Gasteiger partial charge < -0.3 is 10.2 Å².